The summed E-state index contributed by atoms with van der Waals surface area (Å²) in [4.78, 5) is 13.9. The highest BCUT2D eigenvalue weighted by Crippen LogP contribution is 2.21. The van der Waals surface area contributed by atoms with Gasteiger partial charge in [-0.1, -0.05) is 0 Å². The first-order valence-electron chi connectivity index (χ1n) is 6.79. The van der Waals surface area contributed by atoms with E-state index in [0.717, 1.165) is 6.54 Å². The van der Waals surface area contributed by atoms with E-state index < -0.39 is 10.0 Å². The molecule has 0 atom stereocenters. The van der Waals surface area contributed by atoms with Crippen LogP contribution in [-0.4, -0.2) is 69.6 Å². The van der Waals surface area contributed by atoms with Crippen molar-refractivity contribution in [3.8, 4) is 0 Å². The molecule has 0 saturated carbocycles. The number of carbonyl (C=O) groups excluding carboxylic acids is 1. The van der Waals surface area contributed by atoms with Gasteiger partial charge in [0.2, 0.25) is 15.9 Å². The normalized spacial score (nSPS) is 18.5. The minimum Gasteiger partial charge on any atom is -0.344 e. The molecule has 0 aliphatic carbocycles. The minimum atomic E-state index is -3.11. The topological polar surface area (TPSA) is 69.7 Å². The number of carbonyl (C=O) groups is 1. The molecule has 1 aliphatic heterocycles. The van der Waals surface area contributed by atoms with Gasteiger partial charge in [-0.05, 0) is 26.8 Å². The van der Waals surface area contributed by atoms with E-state index in [1.54, 1.807) is 18.9 Å². The maximum Gasteiger partial charge on any atom is 0.225 e. The van der Waals surface area contributed by atoms with Gasteiger partial charge < -0.3 is 10.2 Å². The van der Waals surface area contributed by atoms with Crippen LogP contribution >= 0.6 is 0 Å². The van der Waals surface area contributed by atoms with E-state index in [1.165, 1.54) is 4.31 Å². The fraction of sp³-hybridized carbons (Fsp3) is 0.917. The molecule has 112 valence electrons. The molecule has 1 rings (SSSR count). The Kier molecular flexibility index (Phi) is 6.22. The van der Waals surface area contributed by atoms with Gasteiger partial charge in [0, 0.05) is 39.1 Å². The van der Waals surface area contributed by atoms with Crippen LogP contribution in [0.1, 0.15) is 19.8 Å². The molecule has 1 saturated heterocycles. The number of sulfonamides is 1. The first kappa shape index (κ1) is 16.4. The number of nitrogens with zero attached hydrogens (tertiary/aromatic N) is 2. The molecular weight excluding hydrogens is 266 g/mol. The zero-order valence-corrected chi connectivity index (χ0v) is 12.9. The quantitative estimate of drug-likeness (QED) is 0.731. The third kappa shape index (κ3) is 4.43. The lowest BCUT2D eigenvalue weighted by atomic mass is 9.97. The van der Waals surface area contributed by atoms with Crippen molar-refractivity contribution >= 4 is 15.9 Å². The van der Waals surface area contributed by atoms with Crippen molar-refractivity contribution in [2.45, 2.75) is 19.8 Å². The Labute approximate surface area is 116 Å². The highest BCUT2D eigenvalue weighted by atomic mass is 32.2. The van der Waals surface area contributed by atoms with Crippen molar-refractivity contribution in [3.63, 3.8) is 0 Å². The highest BCUT2D eigenvalue weighted by molar-refractivity contribution is 7.89. The molecule has 19 heavy (non-hydrogen) atoms. The van der Waals surface area contributed by atoms with Crippen molar-refractivity contribution in [3.05, 3.63) is 0 Å². The van der Waals surface area contributed by atoms with Crippen molar-refractivity contribution in [1.29, 1.82) is 0 Å². The summed E-state index contributed by atoms with van der Waals surface area (Å²) in [5.41, 5.74) is 0. The summed E-state index contributed by atoms with van der Waals surface area (Å²) in [5.74, 6) is 0.224. The van der Waals surface area contributed by atoms with Crippen LogP contribution in [0.15, 0.2) is 0 Å². The Hall–Kier alpha value is -0.660. The van der Waals surface area contributed by atoms with Crippen LogP contribution in [0.4, 0.5) is 0 Å². The third-order valence-corrected chi connectivity index (χ3v) is 5.52. The second kappa shape index (κ2) is 7.21. The average molecular weight is 291 g/mol. The van der Waals surface area contributed by atoms with Gasteiger partial charge in [0.05, 0.1) is 5.75 Å². The maximum atomic E-state index is 12.2. The summed E-state index contributed by atoms with van der Waals surface area (Å²) in [7, 11) is 0.548. The smallest absolute Gasteiger partial charge is 0.225 e. The number of piperidine rings is 1. The van der Waals surface area contributed by atoms with Gasteiger partial charge in [-0.2, -0.15) is 0 Å². The predicted molar refractivity (Wildman–Crippen MR) is 75.3 cm³/mol. The Morgan fingerprint density at radius 1 is 1.37 bits per heavy atom. The standard InChI is InChI=1S/C12H25N3O3S/c1-4-19(17,18)15-8-5-11(6-9-15)12(16)14(3)10-7-13-2/h11,13H,4-10H2,1-3H3. The first-order chi connectivity index (χ1) is 8.92. The fourth-order valence-corrected chi connectivity index (χ4v) is 3.40. The Morgan fingerprint density at radius 2 is 1.95 bits per heavy atom. The Bertz CT molecular complexity index is 389. The van der Waals surface area contributed by atoms with Crippen LogP contribution in [0, 0.1) is 5.92 Å². The number of hydrogen-bond donors (Lipinski definition) is 1. The van der Waals surface area contributed by atoms with E-state index in [9.17, 15) is 13.2 Å². The lowest BCUT2D eigenvalue weighted by Gasteiger charge is -2.32. The molecule has 0 aromatic rings. The number of rotatable bonds is 6. The van der Waals surface area contributed by atoms with Crippen molar-refractivity contribution in [1.82, 2.24) is 14.5 Å². The molecule has 1 aliphatic rings. The van der Waals surface area contributed by atoms with Crippen LogP contribution in [0.2, 0.25) is 0 Å². The van der Waals surface area contributed by atoms with E-state index in [2.05, 4.69) is 5.32 Å². The number of nitrogens with one attached hydrogen (secondary N) is 1. The molecule has 0 bridgehead atoms. The van der Waals surface area contributed by atoms with E-state index in [1.807, 2.05) is 7.05 Å². The van der Waals surface area contributed by atoms with Crippen LogP contribution in [-0.2, 0) is 14.8 Å². The number of hydrogen-bond acceptors (Lipinski definition) is 4. The summed E-state index contributed by atoms with van der Waals surface area (Å²) in [6, 6.07) is 0. The lowest BCUT2D eigenvalue weighted by molar-refractivity contribution is -0.135. The average Bonchev–Trinajstić information content (AvgIpc) is 2.44. The Balaban J connectivity index is 2.47. The van der Waals surface area contributed by atoms with Crippen LogP contribution in [0.5, 0.6) is 0 Å². The second-order valence-electron chi connectivity index (χ2n) is 4.94. The highest BCUT2D eigenvalue weighted by Gasteiger charge is 2.31. The lowest BCUT2D eigenvalue weighted by Crippen LogP contribution is -2.44. The SMILES string of the molecule is CCS(=O)(=O)N1CCC(C(=O)N(C)CCNC)CC1. The van der Waals surface area contributed by atoms with E-state index in [0.29, 0.717) is 32.5 Å². The summed E-state index contributed by atoms with van der Waals surface area (Å²) in [5, 5.41) is 3.01. The van der Waals surface area contributed by atoms with Gasteiger partial charge in [0.15, 0.2) is 0 Å². The number of likely N-dealkylation sites (N-methyl/N-ethyl adjacent to an activating group) is 2. The molecule has 1 amide bonds. The zero-order chi connectivity index (χ0) is 14.5. The molecular formula is C12H25N3O3S. The van der Waals surface area contributed by atoms with Gasteiger partial charge in [-0.15, -0.1) is 0 Å². The van der Waals surface area contributed by atoms with Gasteiger partial charge in [-0.3, -0.25) is 4.79 Å². The van der Waals surface area contributed by atoms with E-state index in [-0.39, 0.29) is 17.6 Å². The Morgan fingerprint density at radius 3 is 2.42 bits per heavy atom. The van der Waals surface area contributed by atoms with Gasteiger partial charge in [-0.25, -0.2) is 12.7 Å². The molecule has 0 spiro atoms. The molecule has 1 N–H and O–H groups in total. The monoisotopic (exact) mass is 291 g/mol. The van der Waals surface area contributed by atoms with Crippen molar-refractivity contribution in [2.24, 2.45) is 5.92 Å². The molecule has 6 nitrogen and oxygen atoms in total. The van der Waals surface area contributed by atoms with Crippen LogP contribution in [0.3, 0.4) is 0 Å². The largest absolute Gasteiger partial charge is 0.344 e. The van der Waals surface area contributed by atoms with E-state index >= 15 is 0 Å². The predicted octanol–water partition coefficient (Wildman–Crippen LogP) is -0.274. The first-order valence-corrected chi connectivity index (χ1v) is 8.40. The minimum absolute atomic E-state index is 0.0369. The second-order valence-corrected chi connectivity index (χ2v) is 7.19. The molecule has 0 unspecified atom stereocenters. The summed E-state index contributed by atoms with van der Waals surface area (Å²) < 4.78 is 25.0. The van der Waals surface area contributed by atoms with Crippen molar-refractivity contribution in [2.75, 3.05) is 46.0 Å². The number of amides is 1. The fourth-order valence-electron chi connectivity index (χ4n) is 2.26. The molecule has 0 radical (unpaired) electrons. The van der Waals surface area contributed by atoms with Crippen LogP contribution < -0.4 is 5.32 Å². The third-order valence-electron chi connectivity index (χ3n) is 3.63. The van der Waals surface area contributed by atoms with Gasteiger partial charge in [0.25, 0.3) is 0 Å². The van der Waals surface area contributed by atoms with E-state index in [4.69, 9.17) is 0 Å². The summed E-state index contributed by atoms with van der Waals surface area (Å²) >= 11 is 0. The molecule has 1 fully saturated rings. The summed E-state index contributed by atoms with van der Waals surface area (Å²) in [6.07, 6.45) is 1.25. The van der Waals surface area contributed by atoms with Gasteiger partial charge >= 0.3 is 0 Å². The molecule has 0 aromatic heterocycles. The van der Waals surface area contributed by atoms with Crippen LogP contribution in [0.25, 0.3) is 0 Å². The van der Waals surface area contributed by atoms with Crippen molar-refractivity contribution < 1.29 is 13.2 Å². The zero-order valence-electron chi connectivity index (χ0n) is 12.1. The van der Waals surface area contributed by atoms with Gasteiger partial charge in [0.1, 0.15) is 0 Å². The molecule has 0 aromatic carbocycles. The molecule has 1 heterocycles. The maximum absolute atomic E-state index is 12.2. The molecule has 7 heteroatoms. The summed E-state index contributed by atoms with van der Waals surface area (Å²) in [6.45, 7) is 4.03.